The number of carbonyl (C=O) groups is 2. The topological polar surface area (TPSA) is 64.8 Å². The molecule has 0 spiro atoms. The molecule has 0 N–H and O–H groups in total. The second kappa shape index (κ2) is 7.71. The molecule has 2 rings (SSSR count). The summed E-state index contributed by atoms with van der Waals surface area (Å²) < 4.78 is 67.9. The zero-order valence-electron chi connectivity index (χ0n) is 14.0. The van der Waals surface area contributed by atoms with E-state index in [1.54, 1.807) is 13.8 Å². The summed E-state index contributed by atoms with van der Waals surface area (Å²) in [6.45, 7) is 3.17. The van der Waals surface area contributed by atoms with E-state index in [0.29, 0.717) is 4.68 Å². The van der Waals surface area contributed by atoms with Gasteiger partial charge in [0.2, 0.25) is 0 Å². The Morgan fingerprint density at radius 3 is 2.26 bits per heavy atom. The van der Waals surface area contributed by atoms with Gasteiger partial charge in [0.25, 0.3) is 17.6 Å². The summed E-state index contributed by atoms with van der Waals surface area (Å²) in [4.78, 5) is 27.3. The molecule has 0 radical (unpaired) electrons. The molecule has 2 aromatic heterocycles. The summed E-state index contributed by atoms with van der Waals surface area (Å²) in [6.07, 6.45) is -6.75. The first-order chi connectivity index (χ1) is 12.4. The van der Waals surface area contributed by atoms with Gasteiger partial charge >= 0.3 is 6.18 Å². The van der Waals surface area contributed by atoms with E-state index in [-0.39, 0.29) is 12.3 Å². The largest absolute Gasteiger partial charge is 0.434 e. The molecular weight excluding hydrogens is 397 g/mol. The van der Waals surface area contributed by atoms with E-state index < -0.39 is 51.8 Å². The molecule has 0 saturated carbocycles. The number of aromatic nitrogens is 3. The summed E-state index contributed by atoms with van der Waals surface area (Å²) >= 11 is 5.38. The minimum Gasteiger partial charge on any atom is -0.276 e. The number of nitrogens with zero attached hydrogens (tertiary/aromatic N) is 3. The molecule has 11 heteroatoms. The van der Waals surface area contributed by atoms with Crippen molar-refractivity contribution in [2.24, 2.45) is 5.92 Å². The maximum atomic E-state index is 13.5. The molecule has 0 bridgehead atoms. The molecule has 0 atom stereocenters. The number of hydrogen-bond donors (Lipinski definition) is 0. The third-order valence-corrected chi connectivity index (χ3v) is 3.73. The van der Waals surface area contributed by atoms with Crippen LogP contribution >= 0.6 is 11.6 Å². The van der Waals surface area contributed by atoms with Crippen LogP contribution in [0.2, 0.25) is 0 Å². The van der Waals surface area contributed by atoms with Gasteiger partial charge in [-0.15, -0.1) is 0 Å². The predicted octanol–water partition coefficient (Wildman–Crippen LogP) is 4.50. The Balaban J connectivity index is 2.98. The first-order valence-electron chi connectivity index (χ1n) is 7.61. The van der Waals surface area contributed by atoms with Crippen molar-refractivity contribution in [1.82, 2.24) is 14.8 Å². The summed E-state index contributed by atoms with van der Waals surface area (Å²) in [7, 11) is 0. The van der Waals surface area contributed by atoms with Crippen LogP contribution in [0.4, 0.5) is 22.0 Å². The Labute approximate surface area is 155 Å². The zero-order valence-corrected chi connectivity index (χ0v) is 14.8. The van der Waals surface area contributed by atoms with Crippen molar-refractivity contribution >= 4 is 22.8 Å². The molecule has 5 nitrogen and oxygen atoms in total. The van der Waals surface area contributed by atoms with E-state index in [0.717, 1.165) is 12.4 Å². The van der Waals surface area contributed by atoms with Crippen LogP contribution in [0.3, 0.4) is 0 Å². The first kappa shape index (κ1) is 20.9. The Bertz CT molecular complexity index is 864. The number of pyridine rings is 1. The number of hydrogen-bond acceptors (Lipinski definition) is 4. The van der Waals surface area contributed by atoms with Gasteiger partial charge in [-0.1, -0.05) is 13.8 Å². The molecule has 0 saturated heterocycles. The van der Waals surface area contributed by atoms with Crippen molar-refractivity contribution in [1.29, 1.82) is 0 Å². The van der Waals surface area contributed by atoms with Gasteiger partial charge in [0, 0.05) is 12.4 Å². The van der Waals surface area contributed by atoms with Crippen LogP contribution in [-0.4, -0.2) is 25.9 Å². The normalized spacial score (nSPS) is 12.1. The lowest BCUT2D eigenvalue weighted by Gasteiger charge is -2.21. The molecular formula is C16H13ClF5N3O2. The average Bonchev–Trinajstić information content (AvgIpc) is 3.05. The molecule has 146 valence electrons. The van der Waals surface area contributed by atoms with Gasteiger partial charge in [0.15, 0.2) is 5.69 Å². The Morgan fingerprint density at radius 2 is 1.85 bits per heavy atom. The number of halogens is 6. The highest BCUT2D eigenvalue weighted by Gasteiger charge is 2.42. The van der Waals surface area contributed by atoms with Gasteiger partial charge in [0.05, 0.1) is 11.1 Å². The van der Waals surface area contributed by atoms with Crippen LogP contribution in [0.1, 0.15) is 57.9 Å². The second-order valence-corrected chi connectivity index (χ2v) is 6.34. The van der Waals surface area contributed by atoms with E-state index in [1.807, 2.05) is 0 Å². The van der Waals surface area contributed by atoms with Crippen molar-refractivity contribution in [3.63, 3.8) is 0 Å². The summed E-state index contributed by atoms with van der Waals surface area (Å²) in [5, 5.41) is 2.15. The fourth-order valence-corrected chi connectivity index (χ4v) is 2.79. The van der Waals surface area contributed by atoms with Crippen molar-refractivity contribution in [2.45, 2.75) is 32.9 Å². The van der Waals surface area contributed by atoms with Gasteiger partial charge in [-0.3, -0.25) is 9.59 Å². The summed E-state index contributed by atoms with van der Waals surface area (Å²) in [5.74, 6) is -1.63. The monoisotopic (exact) mass is 409 g/mol. The van der Waals surface area contributed by atoms with Crippen molar-refractivity contribution in [3.05, 3.63) is 46.5 Å². The van der Waals surface area contributed by atoms with Crippen LogP contribution in [0.25, 0.3) is 0 Å². The predicted molar refractivity (Wildman–Crippen MR) is 84.9 cm³/mol. The molecule has 0 aliphatic carbocycles. The molecule has 2 heterocycles. The maximum Gasteiger partial charge on any atom is 0.434 e. The smallest absolute Gasteiger partial charge is 0.276 e. The van der Waals surface area contributed by atoms with Crippen LogP contribution in [-0.2, 0) is 12.6 Å². The Hall–Kier alpha value is -2.36. The highest BCUT2D eigenvalue weighted by molar-refractivity contribution is 6.68. The SMILES string of the molecule is CC(C)Cc1c(C(=O)Cl)c(C(F)F)nc(C(F)(F)F)c1C(=O)n1cccn1. The van der Waals surface area contributed by atoms with E-state index in [2.05, 4.69) is 10.1 Å². The molecule has 0 aliphatic heterocycles. The van der Waals surface area contributed by atoms with Gasteiger partial charge in [-0.25, -0.2) is 18.4 Å². The van der Waals surface area contributed by atoms with E-state index in [9.17, 15) is 31.5 Å². The lowest BCUT2D eigenvalue weighted by atomic mass is 9.91. The molecule has 27 heavy (non-hydrogen) atoms. The molecule has 0 fully saturated rings. The lowest BCUT2D eigenvalue weighted by molar-refractivity contribution is -0.141. The fraction of sp³-hybridized carbons (Fsp3) is 0.375. The van der Waals surface area contributed by atoms with Crippen LogP contribution < -0.4 is 0 Å². The van der Waals surface area contributed by atoms with Crippen LogP contribution in [0, 0.1) is 5.92 Å². The minimum absolute atomic E-state index is 0.276. The molecule has 2 aromatic rings. The molecule has 0 unspecified atom stereocenters. The highest BCUT2D eigenvalue weighted by Crippen LogP contribution is 2.38. The minimum atomic E-state index is -5.22. The zero-order chi connectivity index (χ0) is 20.5. The van der Waals surface area contributed by atoms with Gasteiger partial charge in [-0.05, 0) is 35.6 Å². The average molecular weight is 410 g/mol. The first-order valence-corrected chi connectivity index (χ1v) is 7.99. The number of rotatable bonds is 5. The van der Waals surface area contributed by atoms with Crippen molar-refractivity contribution in [3.8, 4) is 0 Å². The van der Waals surface area contributed by atoms with E-state index in [4.69, 9.17) is 11.6 Å². The Kier molecular flexibility index (Phi) is 5.98. The van der Waals surface area contributed by atoms with Gasteiger partial charge in [-0.2, -0.15) is 18.3 Å². The van der Waals surface area contributed by atoms with E-state index >= 15 is 0 Å². The third-order valence-electron chi connectivity index (χ3n) is 3.54. The van der Waals surface area contributed by atoms with Crippen molar-refractivity contribution in [2.75, 3.05) is 0 Å². The quantitative estimate of drug-likeness (QED) is 0.538. The molecule has 0 aromatic carbocycles. The van der Waals surface area contributed by atoms with Crippen LogP contribution in [0.5, 0.6) is 0 Å². The summed E-state index contributed by atoms with van der Waals surface area (Å²) in [6, 6.07) is 1.29. The fourth-order valence-electron chi connectivity index (χ4n) is 2.58. The van der Waals surface area contributed by atoms with E-state index in [1.165, 1.54) is 6.07 Å². The molecule has 0 aliphatic rings. The van der Waals surface area contributed by atoms with Gasteiger partial charge in [0.1, 0.15) is 5.69 Å². The maximum absolute atomic E-state index is 13.5. The second-order valence-electron chi connectivity index (χ2n) is 6.00. The van der Waals surface area contributed by atoms with Crippen molar-refractivity contribution < 1.29 is 31.5 Å². The molecule has 0 amide bonds. The standard InChI is InChI=1S/C16H13ClF5N3O2/c1-7(2)6-8-9(13(17)26)11(14(18)19)24-12(16(20,21)22)10(8)15(27)25-5-3-4-23-25/h3-5,7,14H,6H2,1-2H3. The Morgan fingerprint density at radius 1 is 1.22 bits per heavy atom. The lowest BCUT2D eigenvalue weighted by Crippen LogP contribution is -2.26. The van der Waals surface area contributed by atoms with Gasteiger partial charge < -0.3 is 0 Å². The third kappa shape index (κ3) is 4.32. The highest BCUT2D eigenvalue weighted by atomic mass is 35.5. The number of alkyl halides is 5. The number of carbonyl (C=O) groups excluding carboxylic acids is 2. The summed E-state index contributed by atoms with van der Waals surface area (Å²) in [5.41, 5.74) is -5.65. The van der Waals surface area contributed by atoms with Crippen LogP contribution in [0.15, 0.2) is 18.5 Å².